The lowest BCUT2D eigenvalue weighted by molar-refractivity contribution is -0.128. The van der Waals surface area contributed by atoms with Crippen LogP contribution >= 0.6 is 0 Å². The van der Waals surface area contributed by atoms with Crippen molar-refractivity contribution in [3.05, 3.63) is 29.6 Å². The Morgan fingerprint density at radius 3 is 2.58 bits per heavy atom. The predicted molar refractivity (Wildman–Crippen MR) is 66.8 cm³/mol. The van der Waals surface area contributed by atoms with Crippen molar-refractivity contribution in [2.75, 3.05) is 20.6 Å². The zero-order valence-corrected chi connectivity index (χ0v) is 10.7. The molecule has 0 aliphatic rings. The van der Waals surface area contributed by atoms with Crippen molar-refractivity contribution in [1.29, 1.82) is 0 Å². The fourth-order valence-corrected chi connectivity index (χ4v) is 1.36. The molecule has 0 saturated carbocycles. The van der Waals surface area contributed by atoms with Crippen molar-refractivity contribution in [3.8, 4) is 0 Å². The van der Waals surface area contributed by atoms with E-state index in [1.807, 2.05) is 0 Å². The number of nitrogens with one attached hydrogen (secondary N) is 1. The summed E-state index contributed by atoms with van der Waals surface area (Å²) in [5, 5.41) is 11.4. The first kappa shape index (κ1) is 14.6. The Bertz CT molecular complexity index is 500. The number of carboxylic acid groups (broad SMARTS) is 1. The van der Waals surface area contributed by atoms with E-state index in [4.69, 9.17) is 5.11 Å². The van der Waals surface area contributed by atoms with Crippen LogP contribution in [0.3, 0.4) is 0 Å². The van der Waals surface area contributed by atoms with Gasteiger partial charge in [0.05, 0.1) is 11.1 Å². The number of nitrogens with zero attached hydrogens (tertiary/aromatic N) is 2. The predicted octanol–water partition coefficient (Wildman–Crippen LogP) is -0.0121. The van der Waals surface area contributed by atoms with Crippen LogP contribution < -0.4 is 5.32 Å². The van der Waals surface area contributed by atoms with Crippen LogP contribution in [-0.2, 0) is 4.79 Å². The molecular formula is C12H15N3O4. The van der Waals surface area contributed by atoms with Crippen molar-refractivity contribution in [2.45, 2.75) is 6.42 Å². The number of aromatic carboxylic acids is 1. The minimum atomic E-state index is -1.22. The summed E-state index contributed by atoms with van der Waals surface area (Å²) in [7, 11) is 3.24. The molecule has 102 valence electrons. The highest BCUT2D eigenvalue weighted by Gasteiger charge is 2.16. The molecule has 7 heteroatoms. The smallest absolute Gasteiger partial charge is 0.338 e. The Hall–Kier alpha value is -2.44. The van der Waals surface area contributed by atoms with Crippen LogP contribution in [0.5, 0.6) is 0 Å². The molecule has 0 atom stereocenters. The molecule has 19 heavy (non-hydrogen) atoms. The van der Waals surface area contributed by atoms with Gasteiger partial charge < -0.3 is 15.3 Å². The SMILES string of the molecule is CN(C)C(=O)CCNC(=O)c1ccncc1C(=O)O. The van der Waals surface area contributed by atoms with Gasteiger partial charge in [-0.3, -0.25) is 14.6 Å². The third kappa shape index (κ3) is 4.06. The van der Waals surface area contributed by atoms with Crippen molar-refractivity contribution < 1.29 is 19.5 Å². The van der Waals surface area contributed by atoms with Crippen LogP contribution in [0, 0.1) is 0 Å². The van der Waals surface area contributed by atoms with Crippen molar-refractivity contribution in [1.82, 2.24) is 15.2 Å². The number of amides is 2. The van der Waals surface area contributed by atoms with E-state index in [0.717, 1.165) is 6.20 Å². The largest absolute Gasteiger partial charge is 0.478 e. The van der Waals surface area contributed by atoms with E-state index in [1.165, 1.54) is 17.2 Å². The van der Waals surface area contributed by atoms with E-state index in [1.54, 1.807) is 14.1 Å². The van der Waals surface area contributed by atoms with Gasteiger partial charge in [0.25, 0.3) is 5.91 Å². The first-order valence-corrected chi connectivity index (χ1v) is 5.59. The maximum Gasteiger partial charge on any atom is 0.338 e. The molecule has 2 N–H and O–H groups in total. The fourth-order valence-electron chi connectivity index (χ4n) is 1.36. The summed E-state index contributed by atoms with van der Waals surface area (Å²) in [5.41, 5.74) is -0.140. The number of rotatable bonds is 5. The second kappa shape index (κ2) is 6.48. The fraction of sp³-hybridized carbons (Fsp3) is 0.333. The summed E-state index contributed by atoms with van der Waals surface area (Å²) in [5.74, 6) is -1.87. The number of carbonyl (C=O) groups excluding carboxylic acids is 2. The molecule has 0 aliphatic carbocycles. The molecule has 0 radical (unpaired) electrons. The number of hydrogen-bond acceptors (Lipinski definition) is 4. The summed E-state index contributed by atoms with van der Waals surface area (Å²) in [6.45, 7) is 0.150. The standard InChI is InChI=1S/C12H15N3O4/c1-15(2)10(16)4-6-14-11(17)8-3-5-13-7-9(8)12(18)19/h3,5,7H,4,6H2,1-2H3,(H,14,17)(H,18,19). The van der Waals surface area contributed by atoms with E-state index in [9.17, 15) is 14.4 Å². The first-order valence-electron chi connectivity index (χ1n) is 5.59. The van der Waals surface area contributed by atoms with E-state index < -0.39 is 11.9 Å². The second-order valence-corrected chi connectivity index (χ2v) is 4.02. The van der Waals surface area contributed by atoms with Gasteiger partial charge >= 0.3 is 5.97 Å². The van der Waals surface area contributed by atoms with Crippen LogP contribution in [0.15, 0.2) is 18.5 Å². The Morgan fingerprint density at radius 1 is 1.32 bits per heavy atom. The molecule has 0 spiro atoms. The molecule has 2 amide bonds. The number of pyridine rings is 1. The summed E-state index contributed by atoms with van der Waals surface area (Å²) < 4.78 is 0. The van der Waals surface area contributed by atoms with Gasteiger partial charge in [-0.15, -0.1) is 0 Å². The van der Waals surface area contributed by atoms with E-state index in [-0.39, 0.29) is 30.0 Å². The number of aromatic nitrogens is 1. The van der Waals surface area contributed by atoms with Gasteiger partial charge in [-0.2, -0.15) is 0 Å². The molecule has 7 nitrogen and oxygen atoms in total. The number of carboxylic acids is 1. The Labute approximate surface area is 110 Å². The van der Waals surface area contributed by atoms with E-state index in [2.05, 4.69) is 10.3 Å². The van der Waals surface area contributed by atoms with Crippen LogP contribution in [0.2, 0.25) is 0 Å². The zero-order chi connectivity index (χ0) is 14.4. The summed E-state index contributed by atoms with van der Waals surface area (Å²) in [4.78, 5) is 39.1. The third-order valence-corrected chi connectivity index (χ3v) is 2.42. The van der Waals surface area contributed by atoms with Crippen LogP contribution in [-0.4, -0.2) is 53.4 Å². The van der Waals surface area contributed by atoms with Crippen molar-refractivity contribution in [2.24, 2.45) is 0 Å². The quantitative estimate of drug-likeness (QED) is 0.780. The lowest BCUT2D eigenvalue weighted by atomic mass is 10.1. The van der Waals surface area contributed by atoms with Crippen molar-refractivity contribution >= 4 is 17.8 Å². The second-order valence-electron chi connectivity index (χ2n) is 4.02. The molecule has 0 bridgehead atoms. The first-order chi connectivity index (χ1) is 8.93. The van der Waals surface area contributed by atoms with Gasteiger partial charge in [0.2, 0.25) is 5.91 Å². The molecule has 1 heterocycles. The molecule has 0 saturated heterocycles. The zero-order valence-electron chi connectivity index (χ0n) is 10.7. The maximum atomic E-state index is 11.8. The minimum absolute atomic E-state index is 0.0276. The Morgan fingerprint density at radius 2 is 2.00 bits per heavy atom. The highest BCUT2D eigenvalue weighted by atomic mass is 16.4. The van der Waals surface area contributed by atoms with E-state index in [0.29, 0.717) is 0 Å². The Kier molecular flexibility index (Phi) is 4.99. The van der Waals surface area contributed by atoms with Gasteiger partial charge in [-0.05, 0) is 6.07 Å². The van der Waals surface area contributed by atoms with Gasteiger partial charge in [0, 0.05) is 39.5 Å². The maximum absolute atomic E-state index is 11.8. The van der Waals surface area contributed by atoms with Gasteiger partial charge in [-0.25, -0.2) is 4.79 Å². The summed E-state index contributed by atoms with van der Waals surface area (Å²) in [6.07, 6.45) is 2.61. The average Bonchev–Trinajstić information content (AvgIpc) is 2.38. The highest BCUT2D eigenvalue weighted by molar-refractivity contribution is 6.04. The average molecular weight is 265 g/mol. The van der Waals surface area contributed by atoms with Crippen LogP contribution in [0.25, 0.3) is 0 Å². The van der Waals surface area contributed by atoms with Gasteiger partial charge in [0.15, 0.2) is 0 Å². The van der Waals surface area contributed by atoms with Crippen LogP contribution in [0.4, 0.5) is 0 Å². The van der Waals surface area contributed by atoms with Gasteiger partial charge in [-0.1, -0.05) is 0 Å². The number of carbonyl (C=O) groups is 3. The molecule has 1 rings (SSSR count). The van der Waals surface area contributed by atoms with Gasteiger partial charge in [0.1, 0.15) is 0 Å². The molecule has 0 unspecified atom stereocenters. The summed E-state index contributed by atoms with van der Waals surface area (Å²) in [6, 6.07) is 1.33. The number of hydrogen-bond donors (Lipinski definition) is 2. The van der Waals surface area contributed by atoms with Crippen molar-refractivity contribution in [3.63, 3.8) is 0 Å². The molecule has 1 aromatic rings. The molecular weight excluding hydrogens is 250 g/mol. The van der Waals surface area contributed by atoms with E-state index >= 15 is 0 Å². The molecule has 1 aromatic heterocycles. The van der Waals surface area contributed by atoms with Crippen LogP contribution in [0.1, 0.15) is 27.1 Å². The topological polar surface area (TPSA) is 99.6 Å². The lowest BCUT2D eigenvalue weighted by Gasteiger charge is -2.11. The normalized spacial score (nSPS) is 9.79. The minimum Gasteiger partial charge on any atom is -0.478 e. The highest BCUT2D eigenvalue weighted by Crippen LogP contribution is 2.06. The molecule has 0 aliphatic heterocycles. The summed E-state index contributed by atoms with van der Waals surface area (Å²) >= 11 is 0. The lowest BCUT2D eigenvalue weighted by Crippen LogP contribution is -2.31. The molecule has 0 aromatic carbocycles. The third-order valence-electron chi connectivity index (χ3n) is 2.42. The Balaban J connectivity index is 2.64. The molecule has 0 fully saturated rings. The monoisotopic (exact) mass is 265 g/mol.